The van der Waals surface area contributed by atoms with Crippen LogP contribution in [0.3, 0.4) is 0 Å². The zero-order valence-corrected chi connectivity index (χ0v) is 17.9. The number of aliphatic imine (C=N–C) groups is 1. The van der Waals surface area contributed by atoms with Crippen LogP contribution in [0.5, 0.6) is 0 Å². The smallest absolute Gasteiger partial charge is 0.410 e. The van der Waals surface area contributed by atoms with E-state index in [9.17, 15) is 4.79 Å². The number of aromatic nitrogens is 2. The fraction of sp³-hybridized carbons (Fsp3) is 0.500. The Morgan fingerprint density at radius 1 is 1.20 bits per heavy atom. The molecule has 160 valence electrons. The van der Waals surface area contributed by atoms with Crippen LogP contribution < -0.4 is 5.32 Å². The van der Waals surface area contributed by atoms with Crippen molar-refractivity contribution in [2.75, 3.05) is 26.2 Å². The van der Waals surface area contributed by atoms with Crippen LogP contribution in [0.1, 0.15) is 31.9 Å². The molecular formula is C22H30N6O2. The number of rotatable bonds is 4. The maximum absolute atomic E-state index is 12.4. The van der Waals surface area contributed by atoms with E-state index in [1.54, 1.807) is 4.90 Å². The molecule has 1 amide bonds. The number of benzene rings is 1. The van der Waals surface area contributed by atoms with Gasteiger partial charge in [0, 0.05) is 37.9 Å². The summed E-state index contributed by atoms with van der Waals surface area (Å²) in [6.45, 7) is 9.83. The van der Waals surface area contributed by atoms with Gasteiger partial charge in [-0.25, -0.2) is 4.79 Å². The number of fused-ring (bicyclic) bond motifs is 1. The van der Waals surface area contributed by atoms with Crippen molar-refractivity contribution in [3.05, 3.63) is 53.9 Å². The van der Waals surface area contributed by atoms with Crippen molar-refractivity contribution in [3.63, 3.8) is 0 Å². The van der Waals surface area contributed by atoms with E-state index in [1.165, 1.54) is 5.56 Å². The van der Waals surface area contributed by atoms with Gasteiger partial charge in [-0.3, -0.25) is 9.67 Å². The summed E-state index contributed by atoms with van der Waals surface area (Å²) in [6, 6.07) is 10.5. The topological polar surface area (TPSA) is 75.0 Å². The zero-order chi connectivity index (χ0) is 21.1. The van der Waals surface area contributed by atoms with Gasteiger partial charge in [-0.05, 0) is 26.3 Å². The lowest BCUT2D eigenvalue weighted by molar-refractivity contribution is 0.0137. The van der Waals surface area contributed by atoms with Crippen LogP contribution >= 0.6 is 0 Å². The molecule has 0 radical (unpaired) electrons. The number of amides is 1. The first kappa shape index (κ1) is 20.3. The molecule has 3 heterocycles. The van der Waals surface area contributed by atoms with Gasteiger partial charge < -0.3 is 19.9 Å². The lowest BCUT2D eigenvalue weighted by Crippen LogP contribution is -2.57. The minimum atomic E-state index is -0.474. The van der Waals surface area contributed by atoms with E-state index in [0.717, 1.165) is 24.6 Å². The quantitative estimate of drug-likeness (QED) is 0.837. The normalized spacial score (nSPS) is 18.8. The highest BCUT2D eigenvalue weighted by Crippen LogP contribution is 2.19. The van der Waals surface area contributed by atoms with Gasteiger partial charge in [-0.15, -0.1) is 0 Å². The third-order valence-electron chi connectivity index (χ3n) is 5.18. The maximum atomic E-state index is 12.4. The van der Waals surface area contributed by atoms with E-state index < -0.39 is 5.60 Å². The molecule has 30 heavy (non-hydrogen) atoms. The molecule has 2 aliphatic heterocycles. The molecule has 8 heteroatoms. The predicted octanol–water partition coefficient (Wildman–Crippen LogP) is 2.31. The molecule has 1 aromatic heterocycles. The molecule has 2 aromatic rings. The van der Waals surface area contributed by atoms with E-state index in [2.05, 4.69) is 38.6 Å². The summed E-state index contributed by atoms with van der Waals surface area (Å²) in [6.07, 6.45) is 3.71. The molecule has 1 fully saturated rings. The van der Waals surface area contributed by atoms with Gasteiger partial charge in [0.2, 0.25) is 0 Å². The molecule has 4 rings (SSSR count). The number of piperazine rings is 1. The van der Waals surface area contributed by atoms with E-state index >= 15 is 0 Å². The van der Waals surface area contributed by atoms with Crippen molar-refractivity contribution in [2.24, 2.45) is 4.99 Å². The minimum Gasteiger partial charge on any atom is -0.444 e. The number of nitrogens with one attached hydrogen (secondary N) is 1. The Morgan fingerprint density at radius 2 is 2.00 bits per heavy atom. The van der Waals surface area contributed by atoms with E-state index in [0.29, 0.717) is 26.2 Å². The Morgan fingerprint density at radius 3 is 2.77 bits per heavy atom. The van der Waals surface area contributed by atoms with Gasteiger partial charge in [0.15, 0.2) is 5.96 Å². The van der Waals surface area contributed by atoms with Crippen LogP contribution in [0.15, 0.2) is 47.7 Å². The summed E-state index contributed by atoms with van der Waals surface area (Å²) in [7, 11) is 0. The Bertz CT molecular complexity index is 902. The molecule has 1 aromatic carbocycles. The van der Waals surface area contributed by atoms with Crippen LogP contribution in [0.4, 0.5) is 4.79 Å². The minimum absolute atomic E-state index is 0.203. The Kier molecular flexibility index (Phi) is 5.65. The first-order valence-electron chi connectivity index (χ1n) is 10.5. The van der Waals surface area contributed by atoms with Crippen LogP contribution in [0.25, 0.3) is 0 Å². The molecule has 1 N–H and O–H groups in total. The summed E-state index contributed by atoms with van der Waals surface area (Å²) in [5.41, 5.74) is 1.87. The lowest BCUT2D eigenvalue weighted by atomic mass is 10.2. The molecular weight excluding hydrogens is 380 g/mol. The fourth-order valence-electron chi connectivity index (χ4n) is 3.76. The van der Waals surface area contributed by atoms with Crippen molar-refractivity contribution in [2.45, 2.75) is 45.5 Å². The number of ether oxygens (including phenoxy) is 1. The summed E-state index contributed by atoms with van der Waals surface area (Å²) in [4.78, 5) is 21.1. The largest absolute Gasteiger partial charge is 0.444 e. The fourth-order valence-corrected chi connectivity index (χ4v) is 3.76. The Balaban J connectivity index is 1.27. The molecule has 2 aliphatic rings. The van der Waals surface area contributed by atoms with Gasteiger partial charge >= 0.3 is 6.09 Å². The average molecular weight is 411 g/mol. The predicted molar refractivity (Wildman–Crippen MR) is 115 cm³/mol. The highest BCUT2D eigenvalue weighted by atomic mass is 16.6. The highest BCUT2D eigenvalue weighted by Gasteiger charge is 2.36. The number of nitrogens with zero attached hydrogens (tertiary/aromatic N) is 5. The van der Waals surface area contributed by atoms with Gasteiger partial charge in [-0.2, -0.15) is 5.10 Å². The number of guanidine groups is 1. The van der Waals surface area contributed by atoms with E-state index in [4.69, 9.17) is 4.74 Å². The van der Waals surface area contributed by atoms with Crippen LogP contribution in [0.2, 0.25) is 0 Å². The second-order valence-corrected chi connectivity index (χ2v) is 8.82. The second kappa shape index (κ2) is 8.38. The van der Waals surface area contributed by atoms with Crippen molar-refractivity contribution >= 4 is 12.1 Å². The monoisotopic (exact) mass is 410 g/mol. The molecule has 1 saturated heterocycles. The van der Waals surface area contributed by atoms with Gasteiger partial charge in [0.05, 0.1) is 25.3 Å². The summed E-state index contributed by atoms with van der Waals surface area (Å²) >= 11 is 0. The Hall–Kier alpha value is -3.03. The molecule has 1 atom stereocenters. The summed E-state index contributed by atoms with van der Waals surface area (Å²) in [5.74, 6) is 0.902. The number of carbonyl (C=O) groups excluding carboxylic acids is 1. The lowest BCUT2D eigenvalue weighted by Gasteiger charge is -2.39. The standard InChI is InChI=1S/C22H30N6O2/c1-22(2,3)30-21(29)26-9-10-28-19(16-26)13-24-20(28)23-11-18-12-25-27(15-18)14-17-7-5-4-6-8-17/h4-8,12,15,19H,9-11,13-14,16H2,1-3H3,(H,23,24). The highest BCUT2D eigenvalue weighted by molar-refractivity contribution is 5.82. The zero-order valence-electron chi connectivity index (χ0n) is 17.9. The molecule has 0 spiro atoms. The van der Waals surface area contributed by atoms with Crippen molar-refractivity contribution in [3.8, 4) is 0 Å². The van der Waals surface area contributed by atoms with Crippen molar-refractivity contribution in [1.29, 1.82) is 0 Å². The SMILES string of the molecule is CC(C)(C)OC(=O)N1CCN2C(NCc3cnn(Cc4ccccc4)c3)=NCC2C1. The third kappa shape index (κ3) is 4.93. The van der Waals surface area contributed by atoms with Gasteiger partial charge in [-0.1, -0.05) is 30.3 Å². The van der Waals surface area contributed by atoms with E-state index in [-0.39, 0.29) is 12.1 Å². The Labute approximate surface area is 177 Å². The van der Waals surface area contributed by atoms with Crippen molar-refractivity contribution in [1.82, 2.24) is 24.9 Å². The first-order valence-corrected chi connectivity index (χ1v) is 10.5. The number of hydrogen-bond donors (Lipinski definition) is 1. The number of hydrogen-bond acceptors (Lipinski definition) is 6. The average Bonchev–Trinajstić information content (AvgIpc) is 3.32. The van der Waals surface area contributed by atoms with Gasteiger partial charge in [0.1, 0.15) is 5.60 Å². The van der Waals surface area contributed by atoms with Crippen molar-refractivity contribution < 1.29 is 9.53 Å². The summed E-state index contributed by atoms with van der Waals surface area (Å²) in [5, 5.41) is 7.91. The molecule has 0 bridgehead atoms. The number of carbonyl (C=O) groups is 1. The molecule has 0 saturated carbocycles. The molecule has 8 nitrogen and oxygen atoms in total. The maximum Gasteiger partial charge on any atom is 0.410 e. The van der Waals surface area contributed by atoms with Crippen LogP contribution in [0, 0.1) is 0 Å². The molecule has 0 aliphatic carbocycles. The van der Waals surface area contributed by atoms with Gasteiger partial charge in [0.25, 0.3) is 0 Å². The second-order valence-electron chi connectivity index (χ2n) is 8.82. The first-order chi connectivity index (χ1) is 14.4. The third-order valence-corrected chi connectivity index (χ3v) is 5.18. The van der Waals surface area contributed by atoms with Crippen LogP contribution in [-0.2, 0) is 17.8 Å². The van der Waals surface area contributed by atoms with E-state index in [1.807, 2.05) is 49.8 Å². The summed E-state index contributed by atoms with van der Waals surface area (Å²) < 4.78 is 7.46. The molecule has 1 unspecified atom stereocenters. The van der Waals surface area contributed by atoms with Crippen LogP contribution in [-0.4, -0.2) is 69.5 Å².